The lowest BCUT2D eigenvalue weighted by molar-refractivity contribution is -0.113. The zero-order valence-corrected chi connectivity index (χ0v) is 18.9. The normalized spacial score (nSPS) is 10.6. The van der Waals surface area contributed by atoms with Crippen molar-refractivity contribution in [2.24, 2.45) is 0 Å². The van der Waals surface area contributed by atoms with E-state index in [9.17, 15) is 9.59 Å². The number of aromatic nitrogens is 4. The molecule has 4 rings (SSSR count). The maximum atomic E-state index is 12.7. The van der Waals surface area contributed by atoms with Gasteiger partial charge in [0.05, 0.1) is 22.7 Å². The number of benzene rings is 3. The Kier molecular flexibility index (Phi) is 7.33. The summed E-state index contributed by atoms with van der Waals surface area (Å²) in [5, 5.41) is 18.3. The number of nitrogens with one attached hydrogen (secondary N) is 2. The largest absolute Gasteiger partial charge is 0.348 e. The predicted octanol–water partition coefficient (Wildman–Crippen LogP) is 3.98. The number of para-hydroxylation sites is 1. The number of hydrogen-bond acceptors (Lipinski definition) is 6. The van der Waals surface area contributed by atoms with Crippen LogP contribution in [0.1, 0.15) is 15.9 Å². The third-order valence-corrected chi connectivity index (χ3v) is 5.72. The number of amides is 2. The van der Waals surface area contributed by atoms with Crippen molar-refractivity contribution in [3.63, 3.8) is 0 Å². The fourth-order valence-corrected chi connectivity index (χ4v) is 3.89. The lowest BCUT2D eigenvalue weighted by atomic mass is 10.1. The Morgan fingerprint density at radius 1 is 0.970 bits per heavy atom. The summed E-state index contributed by atoms with van der Waals surface area (Å²) < 4.78 is 1.51. The molecule has 2 amide bonds. The smallest absolute Gasteiger partial charge is 0.253 e. The van der Waals surface area contributed by atoms with Crippen molar-refractivity contribution < 1.29 is 9.59 Å². The Bertz CT molecular complexity index is 1260. The zero-order chi connectivity index (χ0) is 23.0. The van der Waals surface area contributed by atoms with Gasteiger partial charge in [0.25, 0.3) is 5.91 Å². The van der Waals surface area contributed by atoms with Crippen LogP contribution < -0.4 is 10.6 Å². The lowest BCUT2D eigenvalue weighted by Crippen LogP contribution is -2.25. The molecule has 0 aliphatic rings. The Hall–Kier alpha value is -3.69. The van der Waals surface area contributed by atoms with Gasteiger partial charge in [-0.15, -0.1) is 5.10 Å². The van der Waals surface area contributed by atoms with Gasteiger partial charge in [0.1, 0.15) is 0 Å². The molecule has 10 heteroatoms. The van der Waals surface area contributed by atoms with Gasteiger partial charge in [-0.25, -0.2) is 0 Å². The van der Waals surface area contributed by atoms with E-state index in [0.717, 1.165) is 5.56 Å². The van der Waals surface area contributed by atoms with E-state index in [1.807, 2.05) is 36.4 Å². The van der Waals surface area contributed by atoms with Crippen molar-refractivity contribution >= 4 is 40.9 Å². The number of carbonyl (C=O) groups excluding carboxylic acids is 2. The second-order valence-electron chi connectivity index (χ2n) is 6.90. The van der Waals surface area contributed by atoms with Crippen LogP contribution >= 0.6 is 23.4 Å². The van der Waals surface area contributed by atoms with E-state index in [-0.39, 0.29) is 17.6 Å². The lowest BCUT2D eigenvalue weighted by Gasteiger charge is -2.11. The summed E-state index contributed by atoms with van der Waals surface area (Å²) in [4.78, 5) is 25.3. The van der Waals surface area contributed by atoms with Crippen molar-refractivity contribution in [3.05, 3.63) is 95.0 Å². The molecular weight excluding hydrogens is 460 g/mol. The standard InChI is InChI=1S/C23H19ClN6O2S/c24-17-9-6-10-18(13-17)30-23(27-28-29-30)33-15-21(31)26-20-12-5-4-11-19(20)22(32)25-14-16-7-2-1-3-8-16/h1-13H,14-15H2,(H,25,32)(H,26,31). The summed E-state index contributed by atoms with van der Waals surface area (Å²) in [6, 6.07) is 23.6. The topological polar surface area (TPSA) is 102 Å². The van der Waals surface area contributed by atoms with Crippen LogP contribution in [-0.2, 0) is 11.3 Å². The minimum Gasteiger partial charge on any atom is -0.348 e. The number of carbonyl (C=O) groups is 2. The Morgan fingerprint density at radius 2 is 1.76 bits per heavy atom. The average molecular weight is 479 g/mol. The molecule has 33 heavy (non-hydrogen) atoms. The van der Waals surface area contributed by atoms with Crippen molar-refractivity contribution in [2.45, 2.75) is 11.7 Å². The monoisotopic (exact) mass is 478 g/mol. The van der Waals surface area contributed by atoms with E-state index in [2.05, 4.69) is 26.2 Å². The van der Waals surface area contributed by atoms with Crippen LogP contribution in [0, 0.1) is 0 Å². The van der Waals surface area contributed by atoms with Crippen LogP contribution in [-0.4, -0.2) is 37.8 Å². The summed E-state index contributed by atoms with van der Waals surface area (Å²) in [5.74, 6) is -0.503. The van der Waals surface area contributed by atoms with Gasteiger partial charge >= 0.3 is 0 Å². The molecule has 0 aliphatic heterocycles. The second-order valence-corrected chi connectivity index (χ2v) is 8.28. The quantitative estimate of drug-likeness (QED) is 0.371. The number of hydrogen-bond donors (Lipinski definition) is 2. The molecule has 8 nitrogen and oxygen atoms in total. The Labute approximate surface area is 199 Å². The number of nitrogens with zero attached hydrogens (tertiary/aromatic N) is 4. The first-order valence-electron chi connectivity index (χ1n) is 9.98. The molecule has 2 N–H and O–H groups in total. The first kappa shape index (κ1) is 22.5. The number of halogens is 1. The van der Waals surface area contributed by atoms with Crippen LogP contribution in [0.4, 0.5) is 5.69 Å². The third-order valence-electron chi connectivity index (χ3n) is 4.57. The molecule has 0 aliphatic carbocycles. The molecule has 0 saturated heterocycles. The molecule has 0 spiro atoms. The maximum absolute atomic E-state index is 12.7. The number of anilines is 1. The highest BCUT2D eigenvalue weighted by Crippen LogP contribution is 2.21. The predicted molar refractivity (Wildman–Crippen MR) is 128 cm³/mol. The highest BCUT2D eigenvalue weighted by Gasteiger charge is 2.15. The molecule has 0 atom stereocenters. The minimum absolute atomic E-state index is 0.0565. The molecule has 0 unspecified atom stereocenters. The SMILES string of the molecule is O=C(CSc1nnnn1-c1cccc(Cl)c1)Nc1ccccc1C(=O)NCc1ccccc1. The molecule has 1 heterocycles. The third kappa shape index (κ3) is 5.97. The van der Waals surface area contributed by atoms with Crippen LogP contribution in [0.2, 0.25) is 5.02 Å². The first-order chi connectivity index (χ1) is 16.1. The highest BCUT2D eigenvalue weighted by molar-refractivity contribution is 7.99. The van der Waals surface area contributed by atoms with E-state index >= 15 is 0 Å². The molecule has 4 aromatic rings. The molecule has 1 aromatic heterocycles. The molecule has 0 bridgehead atoms. The van der Waals surface area contributed by atoms with Gasteiger partial charge in [0.2, 0.25) is 11.1 Å². The van der Waals surface area contributed by atoms with Crippen LogP contribution in [0.5, 0.6) is 0 Å². The van der Waals surface area contributed by atoms with E-state index in [0.29, 0.717) is 33.7 Å². The minimum atomic E-state index is -0.288. The molecular formula is C23H19ClN6O2S. The number of thioether (sulfide) groups is 1. The second kappa shape index (κ2) is 10.8. The molecule has 0 fully saturated rings. The van der Waals surface area contributed by atoms with Crippen LogP contribution in [0.25, 0.3) is 5.69 Å². The van der Waals surface area contributed by atoms with Crippen LogP contribution in [0.15, 0.2) is 84.0 Å². The van der Waals surface area contributed by atoms with Gasteiger partial charge in [0.15, 0.2) is 0 Å². The van der Waals surface area contributed by atoms with Gasteiger partial charge in [-0.3, -0.25) is 9.59 Å². The highest BCUT2D eigenvalue weighted by atomic mass is 35.5. The average Bonchev–Trinajstić information content (AvgIpc) is 3.31. The van der Waals surface area contributed by atoms with Crippen molar-refractivity contribution in [3.8, 4) is 5.69 Å². The summed E-state index contributed by atoms with van der Waals surface area (Å²) in [7, 11) is 0. The number of tetrazole rings is 1. The van der Waals surface area contributed by atoms with Gasteiger partial charge in [-0.1, -0.05) is 71.9 Å². The van der Waals surface area contributed by atoms with Gasteiger partial charge < -0.3 is 10.6 Å². The van der Waals surface area contributed by atoms with Crippen LogP contribution in [0.3, 0.4) is 0 Å². The molecule has 3 aromatic carbocycles. The Balaban J connectivity index is 1.38. The zero-order valence-electron chi connectivity index (χ0n) is 17.3. The maximum Gasteiger partial charge on any atom is 0.253 e. The first-order valence-corrected chi connectivity index (χ1v) is 11.3. The Morgan fingerprint density at radius 3 is 2.58 bits per heavy atom. The number of rotatable bonds is 8. The summed E-state index contributed by atoms with van der Waals surface area (Å²) >= 11 is 7.22. The molecule has 0 saturated carbocycles. The van der Waals surface area contributed by atoms with E-state index in [1.165, 1.54) is 16.4 Å². The summed E-state index contributed by atoms with van der Waals surface area (Å²) in [6.07, 6.45) is 0. The fraction of sp³-hybridized carbons (Fsp3) is 0.0870. The van der Waals surface area contributed by atoms with Gasteiger partial charge in [-0.05, 0) is 46.3 Å². The molecule has 0 radical (unpaired) electrons. The summed E-state index contributed by atoms with van der Waals surface area (Å²) in [6.45, 7) is 0.393. The van der Waals surface area contributed by atoms with E-state index < -0.39 is 0 Å². The van der Waals surface area contributed by atoms with Gasteiger partial charge in [0, 0.05) is 11.6 Å². The van der Waals surface area contributed by atoms with Crippen molar-refractivity contribution in [1.29, 1.82) is 0 Å². The van der Waals surface area contributed by atoms with Crippen molar-refractivity contribution in [1.82, 2.24) is 25.5 Å². The molecule has 166 valence electrons. The van der Waals surface area contributed by atoms with Crippen molar-refractivity contribution in [2.75, 3.05) is 11.1 Å². The van der Waals surface area contributed by atoms with E-state index in [1.54, 1.807) is 42.5 Å². The summed E-state index contributed by atoms with van der Waals surface area (Å²) in [5.41, 5.74) is 2.50. The van der Waals surface area contributed by atoms with Gasteiger partial charge in [-0.2, -0.15) is 4.68 Å². The fourth-order valence-electron chi connectivity index (χ4n) is 3.02. The van der Waals surface area contributed by atoms with E-state index in [4.69, 9.17) is 11.6 Å².